The van der Waals surface area contributed by atoms with Crippen molar-refractivity contribution in [1.82, 2.24) is 18.9 Å². The minimum absolute atomic E-state index is 0.0304. The van der Waals surface area contributed by atoms with Gasteiger partial charge in [0, 0.05) is 22.9 Å². The molecule has 3 heterocycles. The number of benzene rings is 1. The minimum Gasteiger partial charge on any atom is -0.284 e. The van der Waals surface area contributed by atoms with Crippen molar-refractivity contribution in [3.05, 3.63) is 81.1 Å². The van der Waals surface area contributed by atoms with E-state index in [9.17, 15) is 26.4 Å². The molecule has 0 bridgehead atoms. The summed E-state index contributed by atoms with van der Waals surface area (Å²) in [6, 6.07) is 10.4. The molecule has 0 fully saturated rings. The molecule has 4 rings (SSSR count). The van der Waals surface area contributed by atoms with Gasteiger partial charge in [0.15, 0.2) is 9.84 Å². The fourth-order valence-electron chi connectivity index (χ4n) is 3.36. The van der Waals surface area contributed by atoms with Gasteiger partial charge in [0.1, 0.15) is 22.7 Å². The van der Waals surface area contributed by atoms with Crippen LogP contribution in [-0.2, 0) is 22.6 Å². The Morgan fingerprint density at radius 2 is 1.82 bits per heavy atom. The van der Waals surface area contributed by atoms with Crippen LogP contribution in [0.2, 0.25) is 0 Å². The smallest absolute Gasteiger partial charge is 0.284 e. The van der Waals surface area contributed by atoms with Crippen LogP contribution in [0.15, 0.2) is 69.0 Å². The number of hydrogen-bond acceptors (Lipinski definition) is 5. The summed E-state index contributed by atoms with van der Waals surface area (Å²) in [6.45, 7) is 1.16. The second kappa shape index (κ2) is 8.41. The van der Waals surface area contributed by atoms with Gasteiger partial charge in [0.2, 0.25) is 0 Å². The zero-order valence-corrected chi connectivity index (χ0v) is 19.4. The fourth-order valence-corrected chi connectivity index (χ4v) is 4.91. The highest BCUT2D eigenvalue weighted by atomic mass is 79.9. The Labute approximate surface area is 194 Å². The normalized spacial score (nSPS) is 12.4. The molecule has 172 valence electrons. The Balaban J connectivity index is 1.96. The van der Waals surface area contributed by atoms with E-state index in [2.05, 4.69) is 25.9 Å². The quantitative estimate of drug-likeness (QED) is 0.379. The topological polar surface area (TPSA) is 86.3 Å². The van der Waals surface area contributed by atoms with E-state index in [1.165, 1.54) is 25.4 Å². The molecule has 0 amide bonds. The van der Waals surface area contributed by atoms with Gasteiger partial charge in [-0.2, -0.15) is 13.2 Å². The van der Waals surface area contributed by atoms with Crippen LogP contribution < -0.4 is 5.69 Å². The van der Waals surface area contributed by atoms with Crippen molar-refractivity contribution < 1.29 is 21.6 Å². The number of imidazole rings is 1. The fraction of sp³-hybridized carbons (Fsp3) is 0.190. The summed E-state index contributed by atoms with van der Waals surface area (Å²) in [5.41, 5.74) is -1.96. The summed E-state index contributed by atoms with van der Waals surface area (Å²) in [5, 5.41) is 0. The van der Waals surface area contributed by atoms with Crippen LogP contribution in [0, 0.1) is 0 Å². The molecule has 0 saturated heterocycles. The zero-order chi connectivity index (χ0) is 24.0. The van der Waals surface area contributed by atoms with Crippen LogP contribution >= 0.6 is 15.9 Å². The number of nitrogens with zero attached hydrogens (tertiary/aromatic N) is 4. The molecule has 0 unspecified atom stereocenters. The molecule has 3 aromatic heterocycles. The van der Waals surface area contributed by atoms with E-state index in [4.69, 9.17) is 0 Å². The Morgan fingerprint density at radius 1 is 1.12 bits per heavy atom. The molecule has 1 aromatic carbocycles. The molecule has 12 heteroatoms. The maximum atomic E-state index is 13.8. The highest BCUT2D eigenvalue weighted by Gasteiger charge is 2.36. The summed E-state index contributed by atoms with van der Waals surface area (Å²) < 4.78 is 68.5. The van der Waals surface area contributed by atoms with E-state index in [-0.39, 0.29) is 34.2 Å². The molecule has 0 atom stereocenters. The lowest BCUT2D eigenvalue weighted by molar-refractivity contribution is -0.144. The average molecular weight is 541 g/mol. The van der Waals surface area contributed by atoms with Crippen molar-refractivity contribution in [2.75, 3.05) is 5.75 Å². The highest BCUT2D eigenvalue weighted by Crippen LogP contribution is 2.31. The van der Waals surface area contributed by atoms with Crippen molar-refractivity contribution in [3.8, 4) is 11.4 Å². The Bertz CT molecular complexity index is 1510. The Kier molecular flexibility index (Phi) is 5.91. The number of pyridine rings is 1. The van der Waals surface area contributed by atoms with E-state index in [1.807, 2.05) is 0 Å². The third kappa shape index (κ3) is 4.44. The van der Waals surface area contributed by atoms with E-state index in [0.29, 0.717) is 14.6 Å². The van der Waals surface area contributed by atoms with Crippen LogP contribution in [0.1, 0.15) is 18.2 Å². The van der Waals surface area contributed by atoms with Gasteiger partial charge in [-0.1, -0.05) is 37.3 Å². The lowest BCUT2D eigenvalue weighted by Gasteiger charge is -2.15. The SMILES string of the molecule is CCS(=O)(=O)c1cc(Br)cnc1-c1cn2c(=O)n(Cc3ccccc3)c(C(F)(F)F)cc2n1. The largest absolute Gasteiger partial charge is 0.431 e. The third-order valence-electron chi connectivity index (χ3n) is 4.98. The van der Waals surface area contributed by atoms with Crippen molar-refractivity contribution in [1.29, 1.82) is 0 Å². The van der Waals surface area contributed by atoms with Gasteiger partial charge in [-0.3, -0.25) is 14.0 Å². The van der Waals surface area contributed by atoms with E-state index >= 15 is 0 Å². The molecule has 33 heavy (non-hydrogen) atoms. The van der Waals surface area contributed by atoms with Crippen LogP contribution in [0.4, 0.5) is 13.2 Å². The predicted octanol–water partition coefficient (Wildman–Crippen LogP) is 4.18. The predicted molar refractivity (Wildman–Crippen MR) is 119 cm³/mol. The second-order valence-electron chi connectivity index (χ2n) is 7.14. The van der Waals surface area contributed by atoms with Gasteiger partial charge in [0.05, 0.1) is 17.2 Å². The van der Waals surface area contributed by atoms with Crippen LogP contribution in [0.25, 0.3) is 17.0 Å². The lowest BCUT2D eigenvalue weighted by atomic mass is 10.2. The standard InChI is InChI=1S/C21H16BrF3N4O3S/c1-2-33(31,32)16-8-14(22)10-26-19(16)15-12-29-18(27-15)9-17(21(23,24)25)28(20(29)30)11-13-6-4-3-5-7-13/h3-10,12H,2,11H2,1H3. The molecule has 0 N–H and O–H groups in total. The molecule has 0 spiro atoms. The van der Waals surface area contributed by atoms with Gasteiger partial charge in [-0.25, -0.2) is 18.2 Å². The summed E-state index contributed by atoms with van der Waals surface area (Å²) >= 11 is 3.18. The number of sulfone groups is 1. The molecular weight excluding hydrogens is 525 g/mol. The zero-order valence-electron chi connectivity index (χ0n) is 17.0. The molecule has 0 aliphatic carbocycles. The number of hydrogen-bond donors (Lipinski definition) is 0. The molecule has 0 aliphatic rings. The summed E-state index contributed by atoms with van der Waals surface area (Å²) in [5.74, 6) is -0.215. The summed E-state index contributed by atoms with van der Waals surface area (Å²) in [4.78, 5) is 21.2. The first kappa shape index (κ1) is 23.2. The second-order valence-corrected chi connectivity index (χ2v) is 10.3. The number of aromatic nitrogens is 4. The third-order valence-corrected chi connectivity index (χ3v) is 7.15. The molecule has 7 nitrogen and oxygen atoms in total. The van der Waals surface area contributed by atoms with Gasteiger partial charge in [0.25, 0.3) is 0 Å². The first-order valence-electron chi connectivity index (χ1n) is 9.64. The van der Waals surface area contributed by atoms with Crippen LogP contribution in [-0.4, -0.2) is 33.1 Å². The maximum absolute atomic E-state index is 13.8. The highest BCUT2D eigenvalue weighted by molar-refractivity contribution is 9.10. The lowest BCUT2D eigenvalue weighted by Crippen LogP contribution is -2.32. The maximum Gasteiger partial charge on any atom is 0.431 e. The molecular formula is C21H16BrF3N4O3S. The number of fused-ring (bicyclic) bond motifs is 1. The van der Waals surface area contributed by atoms with Crippen LogP contribution in [0.5, 0.6) is 0 Å². The minimum atomic E-state index is -4.81. The monoisotopic (exact) mass is 540 g/mol. The van der Waals surface area contributed by atoms with E-state index in [1.54, 1.807) is 30.3 Å². The molecule has 0 saturated carbocycles. The molecule has 4 aromatic rings. The van der Waals surface area contributed by atoms with Gasteiger partial charge >= 0.3 is 11.9 Å². The van der Waals surface area contributed by atoms with Gasteiger partial charge in [-0.15, -0.1) is 0 Å². The van der Waals surface area contributed by atoms with Crippen molar-refractivity contribution in [2.24, 2.45) is 0 Å². The summed E-state index contributed by atoms with van der Waals surface area (Å²) in [6.07, 6.45) is -2.26. The average Bonchev–Trinajstić information content (AvgIpc) is 3.20. The molecule has 0 aliphatic heterocycles. The van der Waals surface area contributed by atoms with Crippen molar-refractivity contribution in [2.45, 2.75) is 24.5 Å². The molecule has 0 radical (unpaired) electrons. The van der Waals surface area contributed by atoms with Crippen molar-refractivity contribution >= 4 is 31.4 Å². The number of rotatable bonds is 5. The summed E-state index contributed by atoms with van der Waals surface area (Å²) in [7, 11) is -3.73. The van der Waals surface area contributed by atoms with Crippen molar-refractivity contribution in [3.63, 3.8) is 0 Å². The van der Waals surface area contributed by atoms with E-state index in [0.717, 1.165) is 10.5 Å². The number of halogens is 4. The first-order chi connectivity index (χ1) is 15.5. The van der Waals surface area contributed by atoms with Gasteiger partial charge in [-0.05, 0) is 27.6 Å². The van der Waals surface area contributed by atoms with Crippen LogP contribution in [0.3, 0.4) is 0 Å². The first-order valence-corrected chi connectivity index (χ1v) is 12.1. The Hall–Kier alpha value is -2.99. The Morgan fingerprint density at radius 3 is 2.45 bits per heavy atom. The van der Waals surface area contributed by atoms with E-state index < -0.39 is 27.4 Å². The number of alkyl halides is 3. The van der Waals surface area contributed by atoms with Gasteiger partial charge < -0.3 is 0 Å².